The molecule has 0 saturated carbocycles. The number of thiocarbonyl (C=S) groups is 1. The fourth-order valence-corrected chi connectivity index (χ4v) is 3.22. The molecule has 0 unspecified atom stereocenters. The lowest BCUT2D eigenvalue weighted by Gasteiger charge is -2.12. The highest BCUT2D eigenvalue weighted by atomic mass is 32.1. The Morgan fingerprint density at radius 3 is 2.39 bits per heavy atom. The highest BCUT2D eigenvalue weighted by molar-refractivity contribution is 7.80. The minimum atomic E-state index is 0.765. The highest BCUT2D eigenvalue weighted by Gasteiger charge is 2.11. The Morgan fingerprint density at radius 1 is 0.826 bits per heavy atom. The first kappa shape index (κ1) is 14.0. The van der Waals surface area contributed by atoms with Crippen LogP contribution in [0.15, 0.2) is 66.7 Å². The summed E-state index contributed by atoms with van der Waals surface area (Å²) in [7, 11) is 0. The molecule has 3 heteroatoms. The number of anilines is 1. The van der Waals surface area contributed by atoms with Crippen LogP contribution < -0.4 is 5.32 Å². The van der Waals surface area contributed by atoms with Crippen molar-refractivity contribution in [1.82, 2.24) is 4.98 Å². The summed E-state index contributed by atoms with van der Waals surface area (Å²) in [5.74, 6) is 0. The van der Waals surface area contributed by atoms with Crippen molar-refractivity contribution in [2.24, 2.45) is 0 Å². The summed E-state index contributed by atoms with van der Waals surface area (Å²) in [5.41, 5.74) is 5.68. The smallest absolute Gasteiger partial charge is 0.0765 e. The lowest BCUT2D eigenvalue weighted by atomic mass is 10.0. The second-order valence-electron chi connectivity index (χ2n) is 5.63. The molecule has 0 saturated heterocycles. The molecule has 0 fully saturated rings. The van der Waals surface area contributed by atoms with Crippen molar-refractivity contribution in [1.29, 1.82) is 0 Å². The molecular weight excluding hydrogens is 300 g/mol. The normalized spacial score (nSPS) is 11.0. The number of hydrogen-bond acceptors (Lipinski definition) is 1. The van der Waals surface area contributed by atoms with Crippen LogP contribution in [-0.2, 0) is 0 Å². The molecule has 1 heterocycles. The van der Waals surface area contributed by atoms with Crippen LogP contribution in [0.1, 0.15) is 6.92 Å². The topological polar surface area (TPSA) is 27.8 Å². The lowest BCUT2D eigenvalue weighted by Crippen LogP contribution is -2.04. The fourth-order valence-electron chi connectivity index (χ4n) is 3.11. The molecule has 112 valence electrons. The van der Waals surface area contributed by atoms with E-state index >= 15 is 0 Å². The summed E-state index contributed by atoms with van der Waals surface area (Å²) in [4.78, 5) is 4.33. The van der Waals surface area contributed by atoms with Crippen LogP contribution in [0.4, 0.5) is 5.69 Å². The van der Waals surface area contributed by atoms with Gasteiger partial charge in [-0.15, -0.1) is 0 Å². The molecule has 4 rings (SSSR count). The molecule has 1 aromatic heterocycles. The molecule has 0 aliphatic heterocycles. The number of benzene rings is 3. The van der Waals surface area contributed by atoms with Crippen LogP contribution in [0.2, 0.25) is 0 Å². The number of nitrogens with one attached hydrogen (secondary N) is 2. The fraction of sp³-hybridized carbons (Fsp3) is 0.0500. The average Bonchev–Trinajstić information content (AvgIpc) is 2.94. The van der Waals surface area contributed by atoms with Gasteiger partial charge in [0.2, 0.25) is 0 Å². The van der Waals surface area contributed by atoms with Gasteiger partial charge >= 0.3 is 0 Å². The standard InChI is InChI=1S/C20H16N2S/c1-13(23)21-18-11-4-2-7-14(18)16-9-6-10-17-15-8-3-5-12-19(15)22-20(16)17/h2-12,22H,1H3,(H,21,23). The molecule has 23 heavy (non-hydrogen) atoms. The molecule has 0 aliphatic rings. The Kier molecular flexibility index (Phi) is 3.36. The summed E-state index contributed by atoms with van der Waals surface area (Å²) in [6.45, 7) is 1.90. The minimum Gasteiger partial charge on any atom is -0.354 e. The molecule has 3 aromatic carbocycles. The van der Waals surface area contributed by atoms with Crippen LogP contribution in [0.5, 0.6) is 0 Å². The van der Waals surface area contributed by atoms with Gasteiger partial charge in [0.25, 0.3) is 0 Å². The average molecular weight is 316 g/mol. The second kappa shape index (κ2) is 5.52. The van der Waals surface area contributed by atoms with Crippen molar-refractivity contribution in [3.63, 3.8) is 0 Å². The van der Waals surface area contributed by atoms with E-state index in [4.69, 9.17) is 12.2 Å². The number of fused-ring (bicyclic) bond motifs is 3. The Hall–Kier alpha value is -2.65. The van der Waals surface area contributed by atoms with Gasteiger partial charge in [-0.2, -0.15) is 0 Å². The quantitative estimate of drug-likeness (QED) is 0.461. The molecule has 4 aromatic rings. The first-order valence-corrected chi connectivity index (χ1v) is 8.01. The monoisotopic (exact) mass is 316 g/mol. The molecule has 0 aliphatic carbocycles. The zero-order chi connectivity index (χ0) is 15.8. The third kappa shape index (κ3) is 2.39. The molecule has 0 bridgehead atoms. The van der Waals surface area contributed by atoms with E-state index in [1.54, 1.807) is 0 Å². The van der Waals surface area contributed by atoms with E-state index in [1.807, 2.05) is 13.0 Å². The molecular formula is C20H16N2S. The molecule has 0 amide bonds. The molecule has 0 spiro atoms. The zero-order valence-corrected chi connectivity index (χ0v) is 13.6. The van der Waals surface area contributed by atoms with Crippen molar-refractivity contribution in [3.05, 3.63) is 66.7 Å². The van der Waals surface area contributed by atoms with Gasteiger partial charge < -0.3 is 10.3 Å². The largest absolute Gasteiger partial charge is 0.354 e. The summed E-state index contributed by atoms with van der Waals surface area (Å²) in [6, 6.07) is 23.1. The summed E-state index contributed by atoms with van der Waals surface area (Å²) in [6.07, 6.45) is 0. The summed E-state index contributed by atoms with van der Waals surface area (Å²) < 4.78 is 0. The van der Waals surface area contributed by atoms with E-state index in [2.05, 4.69) is 71.0 Å². The number of aromatic amines is 1. The maximum atomic E-state index is 5.22. The first-order valence-electron chi connectivity index (χ1n) is 7.60. The van der Waals surface area contributed by atoms with E-state index in [1.165, 1.54) is 16.3 Å². The van der Waals surface area contributed by atoms with Crippen molar-refractivity contribution >= 4 is 44.7 Å². The number of hydrogen-bond donors (Lipinski definition) is 2. The zero-order valence-electron chi connectivity index (χ0n) is 12.8. The van der Waals surface area contributed by atoms with E-state index in [0.29, 0.717) is 0 Å². The van der Waals surface area contributed by atoms with E-state index in [9.17, 15) is 0 Å². The number of para-hydroxylation sites is 3. The van der Waals surface area contributed by atoms with Crippen LogP contribution in [-0.4, -0.2) is 9.97 Å². The second-order valence-corrected chi connectivity index (χ2v) is 6.24. The van der Waals surface area contributed by atoms with Crippen LogP contribution in [0.3, 0.4) is 0 Å². The van der Waals surface area contributed by atoms with Gasteiger partial charge in [0.15, 0.2) is 0 Å². The van der Waals surface area contributed by atoms with Gasteiger partial charge in [0, 0.05) is 33.1 Å². The van der Waals surface area contributed by atoms with Gasteiger partial charge in [0.1, 0.15) is 0 Å². The van der Waals surface area contributed by atoms with Gasteiger partial charge in [-0.25, -0.2) is 0 Å². The molecule has 2 N–H and O–H groups in total. The van der Waals surface area contributed by atoms with Gasteiger partial charge in [0.05, 0.1) is 10.5 Å². The molecule has 2 nitrogen and oxygen atoms in total. The maximum absolute atomic E-state index is 5.22. The third-order valence-corrected chi connectivity index (χ3v) is 4.17. The van der Waals surface area contributed by atoms with Crippen molar-refractivity contribution in [3.8, 4) is 11.1 Å². The van der Waals surface area contributed by atoms with Gasteiger partial charge in [-0.3, -0.25) is 0 Å². The summed E-state index contributed by atoms with van der Waals surface area (Å²) in [5, 5.41) is 5.78. The van der Waals surface area contributed by atoms with E-state index in [-0.39, 0.29) is 0 Å². The number of aromatic nitrogens is 1. The minimum absolute atomic E-state index is 0.765. The van der Waals surface area contributed by atoms with Crippen LogP contribution in [0.25, 0.3) is 32.9 Å². The lowest BCUT2D eigenvalue weighted by molar-refractivity contribution is 1.53. The Labute approximate surface area is 140 Å². The van der Waals surface area contributed by atoms with Gasteiger partial charge in [-0.1, -0.05) is 66.8 Å². The predicted molar refractivity (Wildman–Crippen MR) is 103 cm³/mol. The predicted octanol–water partition coefficient (Wildman–Crippen LogP) is 5.75. The third-order valence-electron chi connectivity index (χ3n) is 4.07. The highest BCUT2D eigenvalue weighted by Crippen LogP contribution is 2.36. The number of H-pyrrole nitrogens is 1. The summed E-state index contributed by atoms with van der Waals surface area (Å²) >= 11 is 5.22. The molecule has 0 radical (unpaired) electrons. The SMILES string of the molecule is CC(=S)Nc1ccccc1-c1cccc2c1[nH]c1ccccc12. The van der Waals surface area contributed by atoms with E-state index < -0.39 is 0 Å². The van der Waals surface area contributed by atoms with Crippen LogP contribution in [0, 0.1) is 0 Å². The maximum Gasteiger partial charge on any atom is 0.0765 e. The van der Waals surface area contributed by atoms with E-state index in [0.717, 1.165) is 27.3 Å². The van der Waals surface area contributed by atoms with Crippen molar-refractivity contribution in [2.75, 3.05) is 5.32 Å². The Bertz CT molecular complexity index is 1030. The van der Waals surface area contributed by atoms with Gasteiger partial charge in [-0.05, 0) is 19.1 Å². The number of rotatable bonds is 2. The Morgan fingerprint density at radius 2 is 1.52 bits per heavy atom. The van der Waals surface area contributed by atoms with Crippen LogP contribution >= 0.6 is 12.2 Å². The Balaban J connectivity index is 2.02. The molecule has 0 atom stereocenters. The van der Waals surface area contributed by atoms with Crippen molar-refractivity contribution < 1.29 is 0 Å². The van der Waals surface area contributed by atoms with Crippen molar-refractivity contribution in [2.45, 2.75) is 6.92 Å². The first-order chi connectivity index (χ1) is 11.2.